The first-order valence-corrected chi connectivity index (χ1v) is 4.65. The number of ether oxygens (including phenoxy) is 1. The van der Waals surface area contributed by atoms with E-state index >= 15 is 0 Å². The van der Waals surface area contributed by atoms with Gasteiger partial charge < -0.3 is 4.74 Å². The molecule has 1 aliphatic heterocycles. The van der Waals surface area contributed by atoms with Gasteiger partial charge in [0.15, 0.2) is 0 Å². The lowest BCUT2D eigenvalue weighted by Crippen LogP contribution is -1.92. The summed E-state index contributed by atoms with van der Waals surface area (Å²) < 4.78 is 7.06. The molecule has 3 heteroatoms. The van der Waals surface area contributed by atoms with Crippen LogP contribution in [-0.2, 0) is 4.74 Å². The second-order valence-electron chi connectivity index (χ2n) is 3.38. The molecule has 2 heterocycles. The standard InChI is InChI=1S/C11H10N2O/c1-2-4-10(5-3-1)13-7-9(6-12-13)11-8-14-11/h1-7,11H,8H2. The highest BCUT2D eigenvalue weighted by Crippen LogP contribution is 2.29. The van der Waals surface area contributed by atoms with Crippen LogP contribution in [-0.4, -0.2) is 16.4 Å². The molecule has 0 saturated carbocycles. The van der Waals surface area contributed by atoms with E-state index in [1.165, 1.54) is 0 Å². The summed E-state index contributed by atoms with van der Waals surface area (Å²) in [5.74, 6) is 0. The molecule has 1 unspecified atom stereocenters. The van der Waals surface area contributed by atoms with E-state index in [2.05, 4.69) is 5.10 Å². The zero-order valence-electron chi connectivity index (χ0n) is 7.63. The minimum Gasteiger partial charge on any atom is -0.368 e. The average molecular weight is 186 g/mol. The Bertz CT molecular complexity index is 432. The van der Waals surface area contributed by atoms with Crippen molar-refractivity contribution < 1.29 is 4.74 Å². The quantitative estimate of drug-likeness (QED) is 0.671. The number of para-hydroxylation sites is 1. The summed E-state index contributed by atoms with van der Waals surface area (Å²) >= 11 is 0. The third-order valence-corrected chi connectivity index (χ3v) is 2.33. The Morgan fingerprint density at radius 1 is 1.29 bits per heavy atom. The molecule has 1 aliphatic rings. The fraction of sp³-hybridized carbons (Fsp3) is 0.182. The lowest BCUT2D eigenvalue weighted by Gasteiger charge is -1.98. The van der Waals surface area contributed by atoms with Crippen molar-refractivity contribution in [1.29, 1.82) is 0 Å². The average Bonchev–Trinajstić information content (AvgIpc) is 2.98. The van der Waals surface area contributed by atoms with Crippen molar-refractivity contribution in [3.05, 3.63) is 48.3 Å². The van der Waals surface area contributed by atoms with E-state index in [-0.39, 0.29) is 6.10 Å². The Morgan fingerprint density at radius 3 is 2.79 bits per heavy atom. The van der Waals surface area contributed by atoms with Gasteiger partial charge in [-0.2, -0.15) is 5.10 Å². The molecule has 14 heavy (non-hydrogen) atoms. The molecule has 0 spiro atoms. The van der Waals surface area contributed by atoms with Crippen molar-refractivity contribution in [3.63, 3.8) is 0 Å². The predicted octanol–water partition coefficient (Wildman–Crippen LogP) is 1.94. The Morgan fingerprint density at radius 2 is 2.07 bits per heavy atom. The van der Waals surface area contributed by atoms with Crippen molar-refractivity contribution in [3.8, 4) is 5.69 Å². The van der Waals surface area contributed by atoms with Gasteiger partial charge >= 0.3 is 0 Å². The highest BCUT2D eigenvalue weighted by atomic mass is 16.6. The topological polar surface area (TPSA) is 30.4 Å². The first-order valence-electron chi connectivity index (χ1n) is 4.65. The van der Waals surface area contributed by atoms with Gasteiger partial charge in [0.2, 0.25) is 0 Å². The second-order valence-corrected chi connectivity index (χ2v) is 3.38. The number of hydrogen-bond donors (Lipinski definition) is 0. The minimum absolute atomic E-state index is 0.285. The highest BCUT2D eigenvalue weighted by Gasteiger charge is 2.26. The first kappa shape index (κ1) is 7.76. The first-order chi connectivity index (χ1) is 6.93. The van der Waals surface area contributed by atoms with Crippen molar-refractivity contribution in [2.75, 3.05) is 6.61 Å². The van der Waals surface area contributed by atoms with Crippen molar-refractivity contribution >= 4 is 0 Å². The molecule has 0 amide bonds. The number of epoxide rings is 1. The zero-order chi connectivity index (χ0) is 9.38. The molecule has 1 saturated heterocycles. The summed E-state index contributed by atoms with van der Waals surface area (Å²) in [6.07, 6.45) is 4.17. The second kappa shape index (κ2) is 2.96. The van der Waals surface area contributed by atoms with Gasteiger partial charge in [-0.05, 0) is 12.1 Å². The van der Waals surface area contributed by atoms with Crippen molar-refractivity contribution in [2.24, 2.45) is 0 Å². The van der Waals surface area contributed by atoms with Crippen LogP contribution in [0.2, 0.25) is 0 Å². The Hall–Kier alpha value is -1.61. The van der Waals surface area contributed by atoms with Gasteiger partial charge in [0.1, 0.15) is 6.10 Å². The lowest BCUT2D eigenvalue weighted by atomic mass is 10.3. The Labute approximate surface area is 81.9 Å². The van der Waals surface area contributed by atoms with Crippen LogP contribution in [0.3, 0.4) is 0 Å². The summed E-state index contributed by atoms with van der Waals surface area (Å²) in [5, 5.41) is 4.28. The van der Waals surface area contributed by atoms with Gasteiger partial charge in [0.05, 0.1) is 18.5 Å². The monoisotopic (exact) mass is 186 g/mol. The van der Waals surface area contributed by atoms with Crippen molar-refractivity contribution in [1.82, 2.24) is 9.78 Å². The van der Waals surface area contributed by atoms with Crippen LogP contribution < -0.4 is 0 Å². The third kappa shape index (κ3) is 1.32. The Kier molecular flexibility index (Phi) is 1.64. The van der Waals surface area contributed by atoms with Crippen LogP contribution in [0.15, 0.2) is 42.7 Å². The van der Waals surface area contributed by atoms with Crippen LogP contribution in [0.25, 0.3) is 5.69 Å². The maximum atomic E-state index is 5.19. The number of rotatable bonds is 2. The molecule has 0 N–H and O–H groups in total. The molecule has 3 rings (SSSR count). The molecular formula is C11H10N2O. The van der Waals surface area contributed by atoms with E-state index in [0.29, 0.717) is 0 Å². The van der Waals surface area contributed by atoms with Crippen LogP contribution in [0, 0.1) is 0 Å². The number of benzene rings is 1. The molecule has 1 fully saturated rings. The van der Waals surface area contributed by atoms with Gasteiger partial charge in [-0.25, -0.2) is 4.68 Å². The fourth-order valence-corrected chi connectivity index (χ4v) is 1.47. The Balaban J connectivity index is 1.96. The van der Waals surface area contributed by atoms with Crippen LogP contribution >= 0.6 is 0 Å². The summed E-state index contributed by atoms with van der Waals surface area (Å²) in [5.41, 5.74) is 2.24. The number of nitrogens with zero attached hydrogens (tertiary/aromatic N) is 2. The van der Waals surface area contributed by atoms with Crippen LogP contribution in [0.5, 0.6) is 0 Å². The maximum absolute atomic E-state index is 5.19. The van der Waals surface area contributed by atoms with Gasteiger partial charge in [0, 0.05) is 11.8 Å². The normalized spacial score (nSPS) is 19.6. The van der Waals surface area contributed by atoms with Gasteiger partial charge in [-0.3, -0.25) is 0 Å². The van der Waals surface area contributed by atoms with E-state index in [9.17, 15) is 0 Å². The molecular weight excluding hydrogens is 176 g/mol. The fourth-order valence-electron chi connectivity index (χ4n) is 1.47. The predicted molar refractivity (Wildman–Crippen MR) is 52.3 cm³/mol. The lowest BCUT2D eigenvalue weighted by molar-refractivity contribution is 0.415. The molecule has 0 bridgehead atoms. The summed E-state index contributed by atoms with van der Waals surface area (Å²) in [7, 11) is 0. The largest absolute Gasteiger partial charge is 0.368 e. The minimum atomic E-state index is 0.285. The molecule has 2 aromatic rings. The number of aromatic nitrogens is 2. The smallest absolute Gasteiger partial charge is 0.109 e. The maximum Gasteiger partial charge on any atom is 0.109 e. The molecule has 1 atom stereocenters. The molecule has 70 valence electrons. The van der Waals surface area contributed by atoms with E-state index < -0.39 is 0 Å². The highest BCUT2D eigenvalue weighted by molar-refractivity contribution is 5.31. The van der Waals surface area contributed by atoms with Gasteiger partial charge in [-0.15, -0.1) is 0 Å². The van der Waals surface area contributed by atoms with Crippen LogP contribution in [0.4, 0.5) is 0 Å². The molecule has 1 aromatic heterocycles. The van der Waals surface area contributed by atoms with E-state index in [0.717, 1.165) is 17.9 Å². The summed E-state index contributed by atoms with van der Waals surface area (Å²) in [6, 6.07) is 10.1. The number of hydrogen-bond acceptors (Lipinski definition) is 2. The van der Waals surface area contributed by atoms with E-state index in [4.69, 9.17) is 4.74 Å². The molecule has 3 nitrogen and oxygen atoms in total. The van der Waals surface area contributed by atoms with Gasteiger partial charge in [-0.1, -0.05) is 18.2 Å². The SMILES string of the molecule is c1ccc(-n2cc(C3CO3)cn2)cc1. The third-order valence-electron chi connectivity index (χ3n) is 2.33. The summed E-state index contributed by atoms with van der Waals surface area (Å²) in [6.45, 7) is 0.834. The molecule has 0 aliphatic carbocycles. The van der Waals surface area contributed by atoms with E-state index in [1.807, 2.05) is 47.4 Å². The summed E-state index contributed by atoms with van der Waals surface area (Å²) in [4.78, 5) is 0. The zero-order valence-corrected chi connectivity index (χ0v) is 7.63. The molecule has 0 radical (unpaired) electrons. The van der Waals surface area contributed by atoms with Crippen molar-refractivity contribution in [2.45, 2.75) is 6.10 Å². The van der Waals surface area contributed by atoms with E-state index in [1.54, 1.807) is 0 Å². The van der Waals surface area contributed by atoms with Gasteiger partial charge in [0.25, 0.3) is 0 Å². The molecule has 1 aromatic carbocycles. The van der Waals surface area contributed by atoms with Crippen LogP contribution in [0.1, 0.15) is 11.7 Å².